The standard InChI is InChI=1S/C12H19NS/c1-2-13-9-11-6-4-3-5-10-7-8-14-12(10)11/h7-8,11,13H,2-6,9H2,1H3/t11-/m1/s1. The zero-order valence-electron chi connectivity index (χ0n) is 8.88. The molecule has 2 rings (SSSR count). The third kappa shape index (κ3) is 2.18. The quantitative estimate of drug-likeness (QED) is 0.754. The molecule has 0 aromatic carbocycles. The van der Waals surface area contributed by atoms with Gasteiger partial charge < -0.3 is 5.32 Å². The van der Waals surface area contributed by atoms with Gasteiger partial charge in [-0.1, -0.05) is 13.3 Å². The van der Waals surface area contributed by atoms with Crippen molar-refractivity contribution in [2.45, 2.75) is 38.5 Å². The molecule has 1 atom stereocenters. The van der Waals surface area contributed by atoms with Gasteiger partial charge >= 0.3 is 0 Å². The van der Waals surface area contributed by atoms with Crippen LogP contribution in [0.15, 0.2) is 11.4 Å². The summed E-state index contributed by atoms with van der Waals surface area (Å²) >= 11 is 1.96. The maximum absolute atomic E-state index is 3.48. The fourth-order valence-electron chi connectivity index (χ4n) is 2.26. The number of likely N-dealkylation sites (N-methyl/N-ethyl adjacent to an activating group) is 1. The van der Waals surface area contributed by atoms with Crippen molar-refractivity contribution in [2.24, 2.45) is 0 Å². The molecule has 1 aliphatic carbocycles. The van der Waals surface area contributed by atoms with Crippen molar-refractivity contribution in [3.63, 3.8) is 0 Å². The van der Waals surface area contributed by atoms with Crippen molar-refractivity contribution in [1.82, 2.24) is 5.32 Å². The molecule has 0 unspecified atom stereocenters. The minimum Gasteiger partial charge on any atom is -0.316 e. The zero-order chi connectivity index (χ0) is 9.80. The molecule has 14 heavy (non-hydrogen) atoms. The molecule has 0 amide bonds. The van der Waals surface area contributed by atoms with Crippen molar-refractivity contribution < 1.29 is 0 Å². The molecule has 78 valence electrons. The number of thiophene rings is 1. The van der Waals surface area contributed by atoms with Crippen LogP contribution in [0.25, 0.3) is 0 Å². The number of hydrogen-bond donors (Lipinski definition) is 1. The molecule has 1 aromatic heterocycles. The predicted octanol–water partition coefficient (Wildman–Crippen LogP) is 3.17. The van der Waals surface area contributed by atoms with E-state index in [4.69, 9.17) is 0 Å². The summed E-state index contributed by atoms with van der Waals surface area (Å²) < 4.78 is 0. The third-order valence-electron chi connectivity index (χ3n) is 3.04. The molecular formula is C12H19NS. The lowest BCUT2D eigenvalue weighted by molar-refractivity contribution is 0.552. The van der Waals surface area contributed by atoms with E-state index in [0.717, 1.165) is 12.5 Å². The summed E-state index contributed by atoms with van der Waals surface area (Å²) in [6.07, 6.45) is 5.46. The molecule has 1 N–H and O–H groups in total. The summed E-state index contributed by atoms with van der Waals surface area (Å²) in [7, 11) is 0. The van der Waals surface area contributed by atoms with Crippen molar-refractivity contribution >= 4 is 11.3 Å². The Labute approximate surface area is 90.5 Å². The average Bonchev–Trinajstić information content (AvgIpc) is 2.58. The predicted molar refractivity (Wildman–Crippen MR) is 63.2 cm³/mol. The number of nitrogens with one attached hydrogen (secondary N) is 1. The van der Waals surface area contributed by atoms with Crippen molar-refractivity contribution in [3.05, 3.63) is 21.9 Å². The highest BCUT2D eigenvalue weighted by Gasteiger charge is 2.18. The van der Waals surface area contributed by atoms with Crippen LogP contribution in [-0.2, 0) is 6.42 Å². The average molecular weight is 209 g/mol. The lowest BCUT2D eigenvalue weighted by Gasteiger charge is -2.14. The van der Waals surface area contributed by atoms with Gasteiger partial charge in [-0.2, -0.15) is 0 Å². The van der Waals surface area contributed by atoms with Crippen LogP contribution < -0.4 is 5.32 Å². The Morgan fingerprint density at radius 1 is 1.50 bits per heavy atom. The van der Waals surface area contributed by atoms with E-state index in [1.54, 1.807) is 10.4 Å². The van der Waals surface area contributed by atoms with Gasteiger partial charge in [0.05, 0.1) is 0 Å². The fourth-order valence-corrected chi connectivity index (χ4v) is 3.36. The molecule has 0 bridgehead atoms. The van der Waals surface area contributed by atoms with Gasteiger partial charge in [0.2, 0.25) is 0 Å². The molecule has 0 spiro atoms. The monoisotopic (exact) mass is 209 g/mol. The second kappa shape index (κ2) is 4.94. The van der Waals surface area contributed by atoms with E-state index in [1.807, 2.05) is 11.3 Å². The highest BCUT2D eigenvalue weighted by Crippen LogP contribution is 2.33. The molecule has 0 aliphatic heterocycles. The van der Waals surface area contributed by atoms with Crippen LogP contribution in [0.2, 0.25) is 0 Å². The van der Waals surface area contributed by atoms with E-state index in [2.05, 4.69) is 23.7 Å². The number of aryl methyl sites for hydroxylation is 1. The molecule has 2 heteroatoms. The molecule has 0 fully saturated rings. The topological polar surface area (TPSA) is 12.0 Å². The summed E-state index contributed by atoms with van der Waals surface area (Å²) in [6.45, 7) is 4.45. The summed E-state index contributed by atoms with van der Waals surface area (Å²) in [5, 5.41) is 5.74. The summed E-state index contributed by atoms with van der Waals surface area (Å²) in [5.74, 6) is 0.785. The summed E-state index contributed by atoms with van der Waals surface area (Å²) in [6, 6.07) is 2.32. The maximum Gasteiger partial charge on any atom is 0.0121 e. The van der Waals surface area contributed by atoms with E-state index in [1.165, 1.54) is 32.2 Å². The van der Waals surface area contributed by atoms with Gasteiger partial charge in [0, 0.05) is 17.3 Å². The Morgan fingerprint density at radius 2 is 2.43 bits per heavy atom. The van der Waals surface area contributed by atoms with Gasteiger partial charge in [-0.15, -0.1) is 11.3 Å². The minimum atomic E-state index is 0.785. The van der Waals surface area contributed by atoms with Crippen LogP contribution in [0.1, 0.15) is 42.5 Å². The van der Waals surface area contributed by atoms with Gasteiger partial charge in [0.1, 0.15) is 0 Å². The molecule has 0 saturated carbocycles. The SMILES string of the molecule is CCNC[C@H]1CCCCc2ccsc21. The van der Waals surface area contributed by atoms with E-state index in [0.29, 0.717) is 0 Å². The second-order valence-electron chi connectivity index (χ2n) is 4.06. The van der Waals surface area contributed by atoms with Crippen molar-refractivity contribution in [1.29, 1.82) is 0 Å². The van der Waals surface area contributed by atoms with Crippen LogP contribution in [0.5, 0.6) is 0 Å². The van der Waals surface area contributed by atoms with Crippen molar-refractivity contribution in [3.8, 4) is 0 Å². The van der Waals surface area contributed by atoms with Gasteiger partial charge in [0.25, 0.3) is 0 Å². The molecule has 1 aliphatic rings. The van der Waals surface area contributed by atoms with Crippen LogP contribution in [0.3, 0.4) is 0 Å². The van der Waals surface area contributed by atoms with Gasteiger partial charge in [0.15, 0.2) is 0 Å². The molecule has 0 saturated heterocycles. The first-order valence-electron chi connectivity index (χ1n) is 5.68. The molecular weight excluding hydrogens is 190 g/mol. The minimum absolute atomic E-state index is 0.785. The number of fused-ring (bicyclic) bond motifs is 1. The Hall–Kier alpha value is -0.340. The van der Waals surface area contributed by atoms with E-state index < -0.39 is 0 Å². The summed E-state index contributed by atoms with van der Waals surface area (Å²) in [5.41, 5.74) is 1.62. The lowest BCUT2D eigenvalue weighted by atomic mass is 10.0. The highest BCUT2D eigenvalue weighted by atomic mass is 32.1. The maximum atomic E-state index is 3.48. The summed E-state index contributed by atoms with van der Waals surface area (Å²) in [4.78, 5) is 1.66. The Balaban J connectivity index is 2.09. The first-order chi connectivity index (χ1) is 6.92. The van der Waals surface area contributed by atoms with E-state index in [9.17, 15) is 0 Å². The first-order valence-corrected chi connectivity index (χ1v) is 6.56. The molecule has 1 aromatic rings. The van der Waals surface area contributed by atoms with Crippen molar-refractivity contribution in [2.75, 3.05) is 13.1 Å². The Kier molecular flexibility index (Phi) is 3.60. The van der Waals surface area contributed by atoms with Crippen LogP contribution in [0, 0.1) is 0 Å². The smallest absolute Gasteiger partial charge is 0.0121 e. The van der Waals surface area contributed by atoms with Crippen LogP contribution >= 0.6 is 11.3 Å². The van der Waals surface area contributed by atoms with Crippen LogP contribution in [0.4, 0.5) is 0 Å². The Bertz CT molecular complexity index is 280. The van der Waals surface area contributed by atoms with E-state index >= 15 is 0 Å². The number of hydrogen-bond acceptors (Lipinski definition) is 2. The third-order valence-corrected chi connectivity index (χ3v) is 4.16. The largest absolute Gasteiger partial charge is 0.316 e. The van der Waals surface area contributed by atoms with Gasteiger partial charge in [-0.05, 0) is 42.8 Å². The Morgan fingerprint density at radius 3 is 3.29 bits per heavy atom. The van der Waals surface area contributed by atoms with E-state index in [-0.39, 0.29) is 0 Å². The normalized spacial score (nSPS) is 21.6. The van der Waals surface area contributed by atoms with Gasteiger partial charge in [-0.25, -0.2) is 0 Å². The molecule has 1 nitrogen and oxygen atoms in total. The van der Waals surface area contributed by atoms with Crippen LogP contribution in [-0.4, -0.2) is 13.1 Å². The second-order valence-corrected chi connectivity index (χ2v) is 5.01. The fraction of sp³-hybridized carbons (Fsp3) is 0.667. The lowest BCUT2D eigenvalue weighted by Crippen LogP contribution is -2.20. The molecule has 0 radical (unpaired) electrons. The highest BCUT2D eigenvalue weighted by molar-refractivity contribution is 7.10. The first kappa shape index (κ1) is 10.2. The van der Waals surface area contributed by atoms with Gasteiger partial charge in [-0.3, -0.25) is 0 Å². The number of rotatable bonds is 3. The zero-order valence-corrected chi connectivity index (χ0v) is 9.70. The molecule has 1 heterocycles.